The molecule has 104 valence electrons. The standard InChI is InChI=1S/C11H16N4O3S/c1-2-9-11(16)14-5-6-15(9)19(17,18)10-7-13-4-3-8(10)12/h3-4,7,9H,2,5-6H2,1H3,(H2,12,13)(H,14,16). The van der Waals surface area contributed by atoms with Crippen LogP contribution in [0.5, 0.6) is 0 Å². The number of nitrogens with one attached hydrogen (secondary N) is 1. The zero-order valence-electron chi connectivity index (χ0n) is 10.5. The first-order chi connectivity index (χ1) is 8.98. The topological polar surface area (TPSA) is 105 Å². The lowest BCUT2D eigenvalue weighted by Crippen LogP contribution is -2.56. The average molecular weight is 284 g/mol. The molecule has 2 heterocycles. The van der Waals surface area contributed by atoms with E-state index in [0.29, 0.717) is 13.0 Å². The molecule has 1 aliphatic rings. The Hall–Kier alpha value is -1.67. The Morgan fingerprint density at radius 1 is 1.58 bits per heavy atom. The lowest BCUT2D eigenvalue weighted by atomic mass is 10.2. The number of nitrogens with zero attached hydrogens (tertiary/aromatic N) is 2. The van der Waals surface area contributed by atoms with Crippen molar-refractivity contribution < 1.29 is 13.2 Å². The first-order valence-corrected chi connectivity index (χ1v) is 7.41. The molecule has 0 bridgehead atoms. The Balaban J connectivity index is 2.44. The summed E-state index contributed by atoms with van der Waals surface area (Å²) in [6, 6.07) is 0.732. The highest BCUT2D eigenvalue weighted by molar-refractivity contribution is 7.89. The minimum atomic E-state index is -3.80. The predicted molar refractivity (Wildman–Crippen MR) is 69.6 cm³/mol. The number of carbonyl (C=O) groups excluding carboxylic acids is 1. The molecule has 1 atom stereocenters. The fraction of sp³-hybridized carbons (Fsp3) is 0.455. The predicted octanol–water partition coefficient (Wildman–Crippen LogP) is -0.437. The highest BCUT2D eigenvalue weighted by Gasteiger charge is 2.38. The van der Waals surface area contributed by atoms with E-state index in [-0.39, 0.29) is 23.0 Å². The number of anilines is 1. The number of piperazine rings is 1. The summed E-state index contributed by atoms with van der Waals surface area (Å²) >= 11 is 0. The molecule has 7 nitrogen and oxygen atoms in total. The minimum Gasteiger partial charge on any atom is -0.398 e. The molecule has 3 N–H and O–H groups in total. The maximum Gasteiger partial charge on any atom is 0.247 e. The quantitative estimate of drug-likeness (QED) is 0.783. The molecule has 8 heteroatoms. The molecular formula is C11H16N4O3S. The van der Waals surface area contributed by atoms with Crippen LogP contribution in [0.2, 0.25) is 0 Å². The lowest BCUT2D eigenvalue weighted by Gasteiger charge is -2.33. The van der Waals surface area contributed by atoms with Gasteiger partial charge >= 0.3 is 0 Å². The van der Waals surface area contributed by atoms with E-state index in [4.69, 9.17) is 5.73 Å². The monoisotopic (exact) mass is 284 g/mol. The van der Waals surface area contributed by atoms with Crippen LogP contribution in [0.1, 0.15) is 13.3 Å². The van der Waals surface area contributed by atoms with Crippen LogP contribution in [0.3, 0.4) is 0 Å². The SMILES string of the molecule is CCC1C(=O)NCCN1S(=O)(=O)c1cnccc1N. The van der Waals surface area contributed by atoms with E-state index in [9.17, 15) is 13.2 Å². The van der Waals surface area contributed by atoms with E-state index in [0.717, 1.165) is 0 Å². The summed E-state index contributed by atoms with van der Waals surface area (Å²) in [5.74, 6) is -0.278. The van der Waals surface area contributed by atoms with Gasteiger partial charge in [0.25, 0.3) is 0 Å². The molecule has 1 aliphatic heterocycles. The summed E-state index contributed by atoms with van der Waals surface area (Å²) in [6.45, 7) is 2.31. The highest BCUT2D eigenvalue weighted by atomic mass is 32.2. The van der Waals surface area contributed by atoms with Crippen molar-refractivity contribution >= 4 is 21.6 Å². The second kappa shape index (κ2) is 5.14. The van der Waals surface area contributed by atoms with Crippen LogP contribution in [0.15, 0.2) is 23.4 Å². The van der Waals surface area contributed by atoms with E-state index in [1.54, 1.807) is 6.92 Å². The van der Waals surface area contributed by atoms with Gasteiger partial charge in [0, 0.05) is 25.5 Å². The minimum absolute atomic E-state index is 0.0526. The smallest absolute Gasteiger partial charge is 0.247 e. The van der Waals surface area contributed by atoms with Crippen LogP contribution >= 0.6 is 0 Å². The number of hydrogen-bond donors (Lipinski definition) is 2. The summed E-state index contributed by atoms with van der Waals surface area (Å²) in [4.78, 5) is 15.5. The summed E-state index contributed by atoms with van der Waals surface area (Å²) in [7, 11) is -3.80. The third kappa shape index (κ3) is 2.41. The van der Waals surface area contributed by atoms with Gasteiger partial charge < -0.3 is 11.1 Å². The normalized spacial score (nSPS) is 21.1. The van der Waals surface area contributed by atoms with Crippen LogP contribution in [0.4, 0.5) is 5.69 Å². The molecule has 0 aromatic carbocycles. The molecule has 1 unspecified atom stereocenters. The number of sulfonamides is 1. The van der Waals surface area contributed by atoms with Crippen molar-refractivity contribution in [1.82, 2.24) is 14.6 Å². The van der Waals surface area contributed by atoms with E-state index in [2.05, 4.69) is 10.3 Å². The second-order valence-corrected chi connectivity index (χ2v) is 6.10. The molecule has 0 saturated carbocycles. The second-order valence-electron chi connectivity index (χ2n) is 4.24. The van der Waals surface area contributed by atoms with E-state index in [1.807, 2.05) is 0 Å². The molecule has 2 rings (SSSR count). The van der Waals surface area contributed by atoms with Crippen molar-refractivity contribution in [3.05, 3.63) is 18.5 Å². The van der Waals surface area contributed by atoms with Crippen molar-refractivity contribution in [3.63, 3.8) is 0 Å². The maximum absolute atomic E-state index is 12.5. The van der Waals surface area contributed by atoms with Crippen molar-refractivity contribution in [2.24, 2.45) is 0 Å². The van der Waals surface area contributed by atoms with Crippen molar-refractivity contribution in [3.8, 4) is 0 Å². The number of nitrogens with two attached hydrogens (primary N) is 1. The van der Waals surface area contributed by atoms with Gasteiger partial charge in [-0.25, -0.2) is 8.42 Å². The molecule has 1 aromatic rings. The highest BCUT2D eigenvalue weighted by Crippen LogP contribution is 2.24. The van der Waals surface area contributed by atoms with Gasteiger partial charge in [-0.05, 0) is 12.5 Å². The molecule has 0 spiro atoms. The number of aromatic nitrogens is 1. The molecule has 1 saturated heterocycles. The zero-order chi connectivity index (χ0) is 14.0. The molecule has 0 aliphatic carbocycles. The van der Waals surface area contributed by atoms with Crippen LogP contribution in [-0.4, -0.2) is 42.7 Å². The van der Waals surface area contributed by atoms with E-state index >= 15 is 0 Å². The summed E-state index contributed by atoms with van der Waals surface area (Å²) in [5.41, 5.74) is 5.82. The molecule has 19 heavy (non-hydrogen) atoms. The third-order valence-corrected chi connectivity index (χ3v) is 5.02. The van der Waals surface area contributed by atoms with Crippen molar-refractivity contribution in [1.29, 1.82) is 0 Å². The van der Waals surface area contributed by atoms with Gasteiger partial charge in [0.15, 0.2) is 0 Å². The Morgan fingerprint density at radius 3 is 2.95 bits per heavy atom. The van der Waals surface area contributed by atoms with Gasteiger partial charge in [-0.3, -0.25) is 9.78 Å². The summed E-state index contributed by atoms with van der Waals surface area (Å²) in [6.07, 6.45) is 3.05. The first kappa shape index (κ1) is 13.8. The van der Waals surface area contributed by atoms with Gasteiger partial charge in [-0.15, -0.1) is 0 Å². The molecule has 1 aromatic heterocycles. The Morgan fingerprint density at radius 2 is 2.32 bits per heavy atom. The van der Waals surface area contributed by atoms with Crippen LogP contribution < -0.4 is 11.1 Å². The third-order valence-electron chi connectivity index (χ3n) is 3.07. The fourth-order valence-corrected chi connectivity index (χ4v) is 3.83. The van der Waals surface area contributed by atoms with Crippen molar-refractivity contribution in [2.75, 3.05) is 18.8 Å². The van der Waals surface area contributed by atoms with Gasteiger partial charge in [0.05, 0.1) is 5.69 Å². The Bertz CT molecular complexity index is 587. The van der Waals surface area contributed by atoms with E-state index < -0.39 is 16.1 Å². The van der Waals surface area contributed by atoms with Gasteiger partial charge in [0.1, 0.15) is 10.9 Å². The van der Waals surface area contributed by atoms with Crippen LogP contribution in [-0.2, 0) is 14.8 Å². The van der Waals surface area contributed by atoms with Crippen LogP contribution in [0.25, 0.3) is 0 Å². The Kier molecular flexibility index (Phi) is 3.72. The molecule has 1 amide bonds. The fourth-order valence-electron chi connectivity index (χ4n) is 2.10. The lowest BCUT2D eigenvalue weighted by molar-refractivity contribution is -0.126. The van der Waals surface area contributed by atoms with Crippen molar-refractivity contribution in [2.45, 2.75) is 24.3 Å². The van der Waals surface area contributed by atoms with E-state index in [1.165, 1.54) is 22.8 Å². The average Bonchev–Trinajstić information content (AvgIpc) is 2.38. The van der Waals surface area contributed by atoms with Gasteiger partial charge in [-0.1, -0.05) is 6.92 Å². The number of rotatable bonds is 3. The summed E-state index contributed by atoms with van der Waals surface area (Å²) in [5, 5.41) is 2.66. The molecule has 0 radical (unpaired) electrons. The molecule has 1 fully saturated rings. The summed E-state index contributed by atoms with van der Waals surface area (Å²) < 4.78 is 26.3. The number of carbonyl (C=O) groups is 1. The number of hydrogen-bond acceptors (Lipinski definition) is 5. The number of amides is 1. The van der Waals surface area contributed by atoms with Gasteiger partial charge in [0.2, 0.25) is 15.9 Å². The largest absolute Gasteiger partial charge is 0.398 e. The maximum atomic E-state index is 12.5. The number of pyridine rings is 1. The number of nitrogen functional groups attached to an aromatic ring is 1. The van der Waals surface area contributed by atoms with Gasteiger partial charge in [-0.2, -0.15) is 4.31 Å². The van der Waals surface area contributed by atoms with Crippen LogP contribution in [0, 0.1) is 0 Å². The first-order valence-electron chi connectivity index (χ1n) is 5.97. The molecular weight excluding hydrogens is 268 g/mol. The Labute approximate surface area is 111 Å². The zero-order valence-corrected chi connectivity index (χ0v) is 11.4.